The zero-order chi connectivity index (χ0) is 12.8. The van der Waals surface area contributed by atoms with E-state index in [1.165, 1.54) is 51.7 Å². The van der Waals surface area contributed by atoms with E-state index < -0.39 is 0 Å². The molecule has 2 atom stereocenters. The lowest BCUT2D eigenvalue weighted by atomic mass is 10.1. The van der Waals surface area contributed by atoms with Gasteiger partial charge in [0.1, 0.15) is 0 Å². The van der Waals surface area contributed by atoms with Crippen LogP contribution in [0.3, 0.4) is 0 Å². The van der Waals surface area contributed by atoms with Gasteiger partial charge >= 0.3 is 0 Å². The maximum absolute atomic E-state index is 3.90. The third-order valence-corrected chi connectivity index (χ3v) is 4.23. The van der Waals surface area contributed by atoms with Crippen molar-refractivity contribution in [2.24, 2.45) is 0 Å². The second-order valence-electron chi connectivity index (χ2n) is 5.48. The summed E-state index contributed by atoms with van der Waals surface area (Å²) in [6.45, 7) is 13.6. The van der Waals surface area contributed by atoms with Crippen LogP contribution in [0.15, 0.2) is 25.3 Å². The van der Waals surface area contributed by atoms with Crippen molar-refractivity contribution in [1.82, 2.24) is 9.91 Å². The third kappa shape index (κ3) is 3.22. The molecule has 2 heterocycles. The molecule has 2 aliphatic heterocycles. The summed E-state index contributed by atoms with van der Waals surface area (Å²) in [6.07, 6.45) is 11.5. The molecule has 18 heavy (non-hydrogen) atoms. The van der Waals surface area contributed by atoms with Crippen molar-refractivity contribution < 1.29 is 5.01 Å². The van der Waals surface area contributed by atoms with Gasteiger partial charge in [-0.25, -0.2) is 9.91 Å². The Morgan fingerprint density at radius 2 is 1.72 bits per heavy atom. The summed E-state index contributed by atoms with van der Waals surface area (Å²) in [5.41, 5.74) is 0. The van der Waals surface area contributed by atoms with Crippen LogP contribution in [-0.4, -0.2) is 48.8 Å². The van der Waals surface area contributed by atoms with Crippen LogP contribution in [-0.2, 0) is 0 Å². The van der Waals surface area contributed by atoms with Gasteiger partial charge in [-0.05, 0) is 25.7 Å². The molecule has 0 saturated carbocycles. The van der Waals surface area contributed by atoms with Crippen LogP contribution in [0.1, 0.15) is 32.1 Å². The predicted octanol–water partition coefficient (Wildman–Crippen LogP) is 1.07. The van der Waals surface area contributed by atoms with E-state index in [9.17, 15) is 0 Å². The van der Waals surface area contributed by atoms with Crippen LogP contribution in [0.5, 0.6) is 0 Å². The average Bonchev–Trinajstić information content (AvgIpc) is 2.92. The monoisotopic (exact) mass is 250 g/mol. The first-order valence-corrected chi connectivity index (χ1v) is 7.43. The van der Waals surface area contributed by atoms with Crippen molar-refractivity contribution in [1.29, 1.82) is 0 Å². The second-order valence-corrected chi connectivity index (χ2v) is 5.48. The Labute approximate surface area is 112 Å². The van der Waals surface area contributed by atoms with Crippen molar-refractivity contribution in [2.45, 2.75) is 38.3 Å². The molecule has 3 heteroatoms. The Hall–Kier alpha value is -0.640. The number of hydrogen-bond donors (Lipinski definition) is 1. The van der Waals surface area contributed by atoms with Gasteiger partial charge < -0.3 is 0 Å². The van der Waals surface area contributed by atoms with Crippen molar-refractivity contribution >= 4 is 0 Å². The van der Waals surface area contributed by atoms with E-state index in [-0.39, 0.29) is 0 Å². The summed E-state index contributed by atoms with van der Waals surface area (Å²) in [7, 11) is 0. The van der Waals surface area contributed by atoms with Crippen LogP contribution in [0, 0.1) is 0 Å². The van der Waals surface area contributed by atoms with E-state index in [4.69, 9.17) is 0 Å². The van der Waals surface area contributed by atoms with Crippen LogP contribution in [0.25, 0.3) is 0 Å². The molecule has 2 rings (SSSR count). The summed E-state index contributed by atoms with van der Waals surface area (Å²) in [5.74, 6) is 0. The minimum atomic E-state index is 0.632. The molecule has 2 fully saturated rings. The molecule has 0 aromatic carbocycles. The highest BCUT2D eigenvalue weighted by molar-refractivity contribution is 4.82. The van der Waals surface area contributed by atoms with E-state index in [0.717, 1.165) is 13.1 Å². The van der Waals surface area contributed by atoms with Crippen molar-refractivity contribution in [3.63, 3.8) is 0 Å². The van der Waals surface area contributed by atoms with Gasteiger partial charge in [0, 0.05) is 32.6 Å². The third-order valence-electron chi connectivity index (χ3n) is 4.23. The summed E-state index contributed by atoms with van der Waals surface area (Å²) in [6, 6.07) is 0. The van der Waals surface area contributed by atoms with Gasteiger partial charge in [0.2, 0.25) is 0 Å². The van der Waals surface area contributed by atoms with Crippen molar-refractivity contribution in [3.8, 4) is 0 Å². The van der Waals surface area contributed by atoms with E-state index >= 15 is 0 Å². The SMILES string of the molecule is C=CCN(CC=C)C1CCCC[NH+]1N1CCCC1. The Morgan fingerprint density at radius 1 is 1.06 bits per heavy atom. The second kappa shape index (κ2) is 7.07. The maximum Gasteiger partial charge on any atom is 0.162 e. The number of nitrogens with zero attached hydrogens (tertiary/aromatic N) is 2. The molecule has 0 amide bonds. The fourth-order valence-corrected chi connectivity index (χ4v) is 3.40. The van der Waals surface area contributed by atoms with Gasteiger partial charge in [0.05, 0.1) is 6.54 Å². The highest BCUT2D eigenvalue weighted by atomic mass is 15.7. The number of hydrogen-bond acceptors (Lipinski definition) is 2. The summed E-state index contributed by atoms with van der Waals surface area (Å²) in [4.78, 5) is 2.53. The van der Waals surface area contributed by atoms with Gasteiger partial charge in [-0.15, -0.1) is 13.2 Å². The zero-order valence-electron chi connectivity index (χ0n) is 11.6. The zero-order valence-corrected chi connectivity index (χ0v) is 11.6. The number of rotatable bonds is 6. The molecule has 0 aliphatic carbocycles. The molecule has 102 valence electrons. The van der Waals surface area contributed by atoms with Crippen LogP contribution >= 0.6 is 0 Å². The molecule has 2 unspecified atom stereocenters. The fraction of sp³-hybridized carbons (Fsp3) is 0.733. The molecular formula is C15H28N3+. The predicted molar refractivity (Wildman–Crippen MR) is 76.2 cm³/mol. The topological polar surface area (TPSA) is 10.9 Å². The molecule has 1 N–H and O–H groups in total. The molecule has 0 bridgehead atoms. The first-order valence-electron chi connectivity index (χ1n) is 7.43. The van der Waals surface area contributed by atoms with E-state index in [0.29, 0.717) is 6.17 Å². The van der Waals surface area contributed by atoms with Gasteiger partial charge in [-0.1, -0.05) is 12.2 Å². The normalized spacial score (nSPS) is 29.6. The molecule has 2 aliphatic rings. The van der Waals surface area contributed by atoms with Crippen LogP contribution in [0.2, 0.25) is 0 Å². The Bertz CT molecular complexity index is 261. The smallest absolute Gasteiger partial charge is 0.162 e. The molecular weight excluding hydrogens is 222 g/mol. The lowest BCUT2D eigenvalue weighted by molar-refractivity contribution is -1.05. The average molecular weight is 250 g/mol. The fourth-order valence-electron chi connectivity index (χ4n) is 3.40. The number of piperidine rings is 1. The summed E-state index contributed by atoms with van der Waals surface area (Å²) >= 11 is 0. The van der Waals surface area contributed by atoms with Gasteiger partial charge in [0.15, 0.2) is 6.17 Å². The van der Waals surface area contributed by atoms with Gasteiger partial charge in [-0.3, -0.25) is 0 Å². The quantitative estimate of drug-likeness (QED) is 0.707. The largest absolute Gasteiger partial charge is 0.245 e. The van der Waals surface area contributed by atoms with Gasteiger partial charge in [-0.2, -0.15) is 5.01 Å². The molecule has 2 saturated heterocycles. The van der Waals surface area contributed by atoms with E-state index in [1.54, 1.807) is 5.01 Å². The van der Waals surface area contributed by atoms with Crippen LogP contribution < -0.4 is 5.01 Å². The van der Waals surface area contributed by atoms with Crippen molar-refractivity contribution in [2.75, 3.05) is 32.7 Å². The Kier molecular flexibility index (Phi) is 5.42. The highest BCUT2D eigenvalue weighted by Gasteiger charge is 2.36. The maximum atomic E-state index is 3.90. The Morgan fingerprint density at radius 3 is 2.33 bits per heavy atom. The first-order chi connectivity index (χ1) is 8.86. The number of nitrogens with one attached hydrogen (secondary N) is 1. The molecule has 0 aromatic heterocycles. The van der Waals surface area contributed by atoms with E-state index in [1.807, 2.05) is 12.2 Å². The molecule has 0 aromatic rings. The lowest BCUT2D eigenvalue weighted by Gasteiger charge is -2.42. The molecule has 0 spiro atoms. The number of quaternary nitrogens is 1. The first kappa shape index (κ1) is 13.8. The summed E-state index contributed by atoms with van der Waals surface area (Å²) < 4.78 is 0. The standard InChI is InChI=1S/C15H27N3/c1-3-10-16(11-4-2)15-9-5-6-14-18(15)17-12-7-8-13-17/h3-4,15H,1-2,5-14H2/p+1. The lowest BCUT2D eigenvalue weighted by Crippen LogP contribution is -3.23. The molecule has 0 radical (unpaired) electrons. The van der Waals surface area contributed by atoms with Crippen molar-refractivity contribution in [3.05, 3.63) is 25.3 Å². The molecule has 3 nitrogen and oxygen atoms in total. The van der Waals surface area contributed by atoms with Gasteiger partial charge in [0.25, 0.3) is 0 Å². The van der Waals surface area contributed by atoms with Crippen LogP contribution in [0.4, 0.5) is 0 Å². The van der Waals surface area contributed by atoms with E-state index in [2.05, 4.69) is 23.1 Å². The highest BCUT2D eigenvalue weighted by Crippen LogP contribution is 2.11. The summed E-state index contributed by atoms with van der Waals surface area (Å²) in [5, 5.41) is 4.35. The Balaban J connectivity index is 2.04. The minimum Gasteiger partial charge on any atom is -0.245 e. The minimum absolute atomic E-state index is 0.632.